The highest BCUT2D eigenvalue weighted by Crippen LogP contribution is 2.34. The van der Waals surface area contributed by atoms with Crippen LogP contribution >= 0.6 is 22.7 Å². The van der Waals surface area contributed by atoms with Gasteiger partial charge in [0.2, 0.25) is 5.78 Å². The van der Waals surface area contributed by atoms with Crippen LogP contribution in [0.1, 0.15) is 59.7 Å². The Balaban J connectivity index is 1.99. The van der Waals surface area contributed by atoms with Crippen LogP contribution in [0.25, 0.3) is 0 Å². The molecule has 2 N–H and O–H groups in total. The normalized spacial score (nSPS) is 11.6. The number of amides is 1. The van der Waals surface area contributed by atoms with E-state index in [1.54, 1.807) is 37.4 Å². The van der Waals surface area contributed by atoms with E-state index in [4.69, 9.17) is 9.15 Å². The highest BCUT2D eigenvalue weighted by molar-refractivity contribution is 7.18. The first-order valence-corrected chi connectivity index (χ1v) is 11.0. The lowest BCUT2D eigenvalue weighted by atomic mass is 10.1. The highest BCUT2D eigenvalue weighted by Gasteiger charge is 2.30. The van der Waals surface area contributed by atoms with E-state index < -0.39 is 23.8 Å². The Morgan fingerprint density at radius 3 is 2.55 bits per heavy atom. The summed E-state index contributed by atoms with van der Waals surface area (Å²) in [6.07, 6.45) is 0.140. The summed E-state index contributed by atoms with van der Waals surface area (Å²) in [6, 6.07) is 6.37. The lowest BCUT2D eigenvalue weighted by Crippen LogP contribution is -2.46. The van der Waals surface area contributed by atoms with Crippen molar-refractivity contribution in [3.63, 3.8) is 0 Å². The third-order valence-corrected chi connectivity index (χ3v) is 6.48. The lowest BCUT2D eigenvalue weighted by molar-refractivity contribution is 0.0526. The molecule has 10 heteroatoms. The van der Waals surface area contributed by atoms with E-state index in [1.165, 1.54) is 30.6 Å². The number of carbonyl (C=O) groups excluding carboxylic acids is 4. The van der Waals surface area contributed by atoms with E-state index in [9.17, 15) is 19.2 Å². The molecule has 0 bridgehead atoms. The lowest BCUT2D eigenvalue weighted by Gasteiger charge is -2.19. The molecule has 31 heavy (non-hydrogen) atoms. The minimum absolute atomic E-state index is 0.0307. The van der Waals surface area contributed by atoms with Gasteiger partial charge in [0, 0.05) is 0 Å². The Morgan fingerprint density at radius 2 is 1.97 bits per heavy atom. The van der Waals surface area contributed by atoms with Crippen LogP contribution in [0, 0.1) is 6.92 Å². The number of esters is 1. The predicted octanol–water partition coefficient (Wildman–Crippen LogP) is 4.14. The summed E-state index contributed by atoms with van der Waals surface area (Å²) in [6.45, 7) is 4.85. The number of hydrogen-bond acceptors (Lipinski definition) is 9. The van der Waals surface area contributed by atoms with Crippen molar-refractivity contribution in [1.29, 1.82) is 0 Å². The quantitative estimate of drug-likeness (QED) is 0.280. The number of anilines is 1. The van der Waals surface area contributed by atoms with Crippen LogP contribution in [0.3, 0.4) is 0 Å². The molecule has 0 aliphatic heterocycles. The monoisotopic (exact) mass is 460 g/mol. The standard InChI is InChI=1S/C21H20N2O6S2/c1-4-28-21(27)15-11(2)17(12(3)24)31-20(15)23-18(16(25)14-8-6-10-30-14)22-19(26)13-7-5-9-29-13/h5-10,18,23H,4H2,1-3H3,(H,22,26)/t18-/m1/s1. The zero-order valence-electron chi connectivity index (χ0n) is 17.0. The van der Waals surface area contributed by atoms with Crippen molar-refractivity contribution in [3.05, 3.63) is 62.6 Å². The zero-order chi connectivity index (χ0) is 22.5. The predicted molar refractivity (Wildman–Crippen MR) is 117 cm³/mol. The van der Waals surface area contributed by atoms with Crippen molar-refractivity contribution >= 4 is 51.1 Å². The molecule has 3 heterocycles. The van der Waals surface area contributed by atoms with Crippen LogP contribution in [0.15, 0.2) is 40.3 Å². The second-order valence-corrected chi connectivity index (χ2v) is 8.37. The molecule has 162 valence electrons. The van der Waals surface area contributed by atoms with Gasteiger partial charge < -0.3 is 19.8 Å². The fourth-order valence-corrected chi connectivity index (χ4v) is 4.68. The number of carbonyl (C=O) groups is 4. The van der Waals surface area contributed by atoms with Crippen LogP contribution in [-0.4, -0.2) is 36.2 Å². The van der Waals surface area contributed by atoms with Crippen LogP contribution in [0.4, 0.5) is 5.00 Å². The maximum Gasteiger partial charge on any atom is 0.341 e. The molecule has 1 amide bonds. The Bertz CT molecular complexity index is 1100. The summed E-state index contributed by atoms with van der Waals surface area (Å²) in [7, 11) is 0. The van der Waals surface area contributed by atoms with Gasteiger partial charge in [0.15, 0.2) is 17.7 Å². The topological polar surface area (TPSA) is 115 Å². The van der Waals surface area contributed by atoms with Crippen LogP contribution in [-0.2, 0) is 4.74 Å². The first-order valence-electron chi connectivity index (χ1n) is 9.33. The second-order valence-electron chi connectivity index (χ2n) is 6.41. The maximum atomic E-state index is 13.1. The summed E-state index contributed by atoms with van der Waals surface area (Å²) < 4.78 is 10.2. The van der Waals surface area contributed by atoms with Gasteiger partial charge in [-0.05, 0) is 49.9 Å². The van der Waals surface area contributed by atoms with E-state index in [1.807, 2.05) is 0 Å². The second kappa shape index (κ2) is 9.71. The number of hydrogen-bond donors (Lipinski definition) is 2. The maximum absolute atomic E-state index is 13.1. The third-order valence-electron chi connectivity index (χ3n) is 4.27. The minimum Gasteiger partial charge on any atom is -0.462 e. The van der Waals surface area contributed by atoms with Crippen LogP contribution < -0.4 is 10.6 Å². The van der Waals surface area contributed by atoms with Gasteiger partial charge in [-0.2, -0.15) is 0 Å². The average molecular weight is 461 g/mol. The van der Waals surface area contributed by atoms with E-state index >= 15 is 0 Å². The Kier molecular flexibility index (Phi) is 7.03. The molecule has 0 saturated heterocycles. The molecule has 3 aromatic rings. The molecule has 0 saturated carbocycles. The van der Waals surface area contributed by atoms with Crippen molar-refractivity contribution < 1.29 is 28.3 Å². The first kappa shape index (κ1) is 22.4. The summed E-state index contributed by atoms with van der Waals surface area (Å²) in [5.41, 5.74) is 0.617. The van der Waals surface area contributed by atoms with Crippen molar-refractivity contribution in [2.45, 2.75) is 26.9 Å². The molecule has 0 radical (unpaired) electrons. The number of thiophene rings is 2. The van der Waals surface area contributed by atoms with Crippen LogP contribution in [0.5, 0.6) is 0 Å². The Morgan fingerprint density at radius 1 is 1.19 bits per heavy atom. The van der Waals surface area contributed by atoms with Gasteiger partial charge in [0.25, 0.3) is 5.91 Å². The number of ether oxygens (including phenoxy) is 1. The Labute approximate surface area is 186 Å². The minimum atomic E-state index is -1.21. The molecule has 0 aliphatic carbocycles. The van der Waals surface area contributed by atoms with Crippen molar-refractivity contribution in [2.24, 2.45) is 0 Å². The zero-order valence-corrected chi connectivity index (χ0v) is 18.6. The fourth-order valence-electron chi connectivity index (χ4n) is 2.87. The molecule has 0 aliphatic rings. The SMILES string of the molecule is CCOC(=O)c1c(N[C@@H](NC(=O)c2ccco2)C(=O)c2cccs2)sc(C(C)=O)c1C. The van der Waals surface area contributed by atoms with Crippen molar-refractivity contribution in [2.75, 3.05) is 11.9 Å². The van der Waals surface area contributed by atoms with Gasteiger partial charge in [-0.25, -0.2) is 4.79 Å². The molecule has 8 nitrogen and oxygen atoms in total. The van der Waals surface area contributed by atoms with E-state index in [0.29, 0.717) is 15.3 Å². The smallest absolute Gasteiger partial charge is 0.341 e. The van der Waals surface area contributed by atoms with Gasteiger partial charge in [0.05, 0.1) is 28.2 Å². The van der Waals surface area contributed by atoms with E-state index in [-0.39, 0.29) is 28.7 Å². The summed E-state index contributed by atoms with van der Waals surface area (Å²) in [5, 5.41) is 7.53. The van der Waals surface area contributed by atoms with E-state index in [2.05, 4.69) is 10.6 Å². The fraction of sp³-hybridized carbons (Fsp3) is 0.238. The molecule has 0 spiro atoms. The summed E-state index contributed by atoms with van der Waals surface area (Å²) in [4.78, 5) is 51.0. The van der Waals surface area contributed by atoms with Gasteiger partial charge in [-0.1, -0.05) is 6.07 Å². The average Bonchev–Trinajstić information content (AvgIpc) is 3.48. The summed E-state index contributed by atoms with van der Waals surface area (Å²) in [5.74, 6) is -1.82. The number of furan rings is 1. The van der Waals surface area contributed by atoms with E-state index in [0.717, 1.165) is 11.3 Å². The molecule has 3 rings (SSSR count). The van der Waals surface area contributed by atoms with Gasteiger partial charge in [0.1, 0.15) is 5.00 Å². The molecule has 0 aromatic carbocycles. The van der Waals surface area contributed by atoms with Crippen molar-refractivity contribution in [1.82, 2.24) is 5.32 Å². The molecule has 3 aromatic heterocycles. The third kappa shape index (κ3) is 4.92. The molecular formula is C21H20N2O6S2. The van der Waals surface area contributed by atoms with Gasteiger partial charge >= 0.3 is 5.97 Å². The number of nitrogens with one attached hydrogen (secondary N) is 2. The number of Topliss-reactive ketones (excluding diaryl/α,β-unsaturated/α-hetero) is 2. The molecule has 0 fully saturated rings. The van der Waals surface area contributed by atoms with Crippen molar-refractivity contribution in [3.8, 4) is 0 Å². The van der Waals surface area contributed by atoms with Crippen LogP contribution in [0.2, 0.25) is 0 Å². The summed E-state index contributed by atoms with van der Waals surface area (Å²) >= 11 is 2.25. The molecule has 0 unspecified atom stereocenters. The first-order chi connectivity index (χ1) is 14.8. The van der Waals surface area contributed by atoms with Gasteiger partial charge in [-0.15, -0.1) is 22.7 Å². The Hall–Kier alpha value is -3.24. The molecule has 1 atom stereocenters. The number of ketones is 2. The highest BCUT2D eigenvalue weighted by atomic mass is 32.1. The molecular weight excluding hydrogens is 440 g/mol. The largest absolute Gasteiger partial charge is 0.462 e. The number of rotatable bonds is 9. The van der Waals surface area contributed by atoms with Gasteiger partial charge in [-0.3, -0.25) is 14.4 Å².